The highest BCUT2D eigenvalue weighted by Gasteiger charge is 2.16. The average Bonchev–Trinajstić information content (AvgIpc) is 2.29. The Kier molecular flexibility index (Phi) is 7.25. The third-order valence-corrected chi connectivity index (χ3v) is 3.81. The molecule has 1 unspecified atom stereocenters. The fourth-order valence-corrected chi connectivity index (χ4v) is 2.66. The van der Waals surface area contributed by atoms with E-state index in [4.69, 9.17) is 11.0 Å². The van der Waals surface area contributed by atoms with Gasteiger partial charge in [-0.25, -0.2) is 0 Å². The zero-order chi connectivity index (χ0) is 11.6. The fourth-order valence-electron chi connectivity index (χ4n) is 2.66. The summed E-state index contributed by atoms with van der Waals surface area (Å²) in [7, 11) is 0. The molecule has 0 spiro atoms. The highest BCUT2D eigenvalue weighted by atomic mass is 14.6. The Morgan fingerprint density at radius 1 is 0.812 bits per heavy atom. The van der Waals surface area contributed by atoms with Gasteiger partial charge >= 0.3 is 0 Å². The summed E-state index contributed by atoms with van der Waals surface area (Å²) < 4.78 is 0. The summed E-state index contributed by atoms with van der Waals surface area (Å²) >= 11 is 0. The molecule has 2 nitrogen and oxygen atoms in total. The summed E-state index contributed by atoms with van der Waals surface area (Å²) in [6, 6.07) is 1.99. The largest absolute Gasteiger partial charge is 0.316 e. The number of nitriles is 1. The second-order valence-corrected chi connectivity index (χ2v) is 5.17. The molecule has 0 bridgehead atoms. The quantitative estimate of drug-likeness (QED) is 0.734. The number of nitrogens with zero attached hydrogens (tertiary/aromatic N) is 1. The van der Waals surface area contributed by atoms with E-state index in [0.29, 0.717) is 5.92 Å². The maximum absolute atomic E-state index is 8.90. The van der Waals surface area contributed by atoms with Crippen LogP contribution in [0.25, 0.3) is 0 Å². The van der Waals surface area contributed by atoms with E-state index < -0.39 is 0 Å². The molecule has 0 aromatic heterocycles. The molecule has 0 heterocycles. The van der Waals surface area contributed by atoms with Crippen molar-refractivity contribution in [2.24, 2.45) is 11.7 Å². The van der Waals surface area contributed by atoms with Crippen molar-refractivity contribution in [3.8, 4) is 6.07 Å². The molecule has 0 aliphatic heterocycles. The van der Waals surface area contributed by atoms with Gasteiger partial charge in [0.25, 0.3) is 0 Å². The SMILES string of the molecule is N#CC(N)C1CCCCCCCCCCC1. The monoisotopic (exact) mass is 222 g/mol. The van der Waals surface area contributed by atoms with Crippen LogP contribution in [0.2, 0.25) is 0 Å². The summed E-state index contributed by atoms with van der Waals surface area (Å²) in [5, 5.41) is 8.90. The maximum atomic E-state index is 8.90. The molecule has 0 aromatic rings. The van der Waals surface area contributed by atoms with Crippen LogP contribution in [0.5, 0.6) is 0 Å². The van der Waals surface area contributed by atoms with Crippen molar-refractivity contribution in [3.63, 3.8) is 0 Å². The van der Waals surface area contributed by atoms with E-state index >= 15 is 0 Å². The minimum atomic E-state index is -0.233. The van der Waals surface area contributed by atoms with Crippen LogP contribution in [-0.2, 0) is 0 Å². The zero-order valence-electron chi connectivity index (χ0n) is 10.5. The van der Waals surface area contributed by atoms with Gasteiger partial charge in [-0.3, -0.25) is 0 Å². The second-order valence-electron chi connectivity index (χ2n) is 5.17. The Morgan fingerprint density at radius 2 is 1.19 bits per heavy atom. The molecule has 1 fully saturated rings. The predicted molar refractivity (Wildman–Crippen MR) is 67.9 cm³/mol. The Bertz CT molecular complexity index is 195. The Labute approximate surface area is 100 Å². The summed E-state index contributed by atoms with van der Waals surface area (Å²) in [5.74, 6) is 0.449. The molecule has 0 aromatic carbocycles. The first-order valence-electron chi connectivity index (χ1n) is 7.00. The van der Waals surface area contributed by atoms with Crippen molar-refractivity contribution in [3.05, 3.63) is 0 Å². The molecule has 1 aliphatic rings. The first-order valence-corrected chi connectivity index (χ1v) is 7.00. The van der Waals surface area contributed by atoms with Crippen molar-refractivity contribution >= 4 is 0 Å². The van der Waals surface area contributed by atoms with E-state index in [1.165, 1.54) is 57.8 Å². The molecule has 92 valence electrons. The van der Waals surface area contributed by atoms with Gasteiger partial charge in [-0.15, -0.1) is 0 Å². The molecular weight excluding hydrogens is 196 g/mol. The summed E-state index contributed by atoms with van der Waals surface area (Å²) in [6.07, 6.45) is 14.5. The molecule has 1 rings (SSSR count). The lowest BCUT2D eigenvalue weighted by Gasteiger charge is -2.19. The van der Waals surface area contributed by atoms with Crippen LogP contribution >= 0.6 is 0 Å². The van der Waals surface area contributed by atoms with E-state index in [0.717, 1.165) is 12.8 Å². The zero-order valence-corrected chi connectivity index (χ0v) is 10.5. The van der Waals surface area contributed by atoms with Crippen molar-refractivity contribution in [1.82, 2.24) is 0 Å². The molecule has 0 amide bonds. The van der Waals surface area contributed by atoms with Crippen molar-refractivity contribution in [2.75, 3.05) is 0 Å². The second kappa shape index (κ2) is 8.58. The molecule has 16 heavy (non-hydrogen) atoms. The number of rotatable bonds is 1. The smallest absolute Gasteiger partial charge is 0.0956 e. The Morgan fingerprint density at radius 3 is 1.56 bits per heavy atom. The van der Waals surface area contributed by atoms with Crippen molar-refractivity contribution in [2.45, 2.75) is 76.7 Å². The van der Waals surface area contributed by atoms with E-state index in [1.54, 1.807) is 0 Å². The van der Waals surface area contributed by atoms with Crippen LogP contribution in [0.15, 0.2) is 0 Å². The standard InChI is InChI=1S/C14H26N2/c15-12-14(16)13-10-8-6-4-2-1-3-5-7-9-11-13/h13-14H,1-11,16H2. The lowest BCUT2D eigenvalue weighted by molar-refractivity contribution is 0.371. The molecule has 0 saturated heterocycles. The van der Waals surface area contributed by atoms with Crippen LogP contribution in [0.1, 0.15) is 70.6 Å². The molecule has 0 radical (unpaired) electrons. The van der Waals surface area contributed by atoms with E-state index in [2.05, 4.69) is 6.07 Å². The highest BCUT2D eigenvalue weighted by molar-refractivity contribution is 4.91. The van der Waals surface area contributed by atoms with Gasteiger partial charge in [-0.1, -0.05) is 57.8 Å². The Balaban J connectivity index is 2.33. The first kappa shape index (κ1) is 13.5. The number of nitrogens with two attached hydrogens (primary N) is 1. The third-order valence-electron chi connectivity index (χ3n) is 3.81. The molecule has 2 heteroatoms. The van der Waals surface area contributed by atoms with E-state index in [-0.39, 0.29) is 6.04 Å². The minimum absolute atomic E-state index is 0.233. The summed E-state index contributed by atoms with van der Waals surface area (Å²) in [4.78, 5) is 0. The highest BCUT2D eigenvalue weighted by Crippen LogP contribution is 2.22. The number of hydrogen-bond donors (Lipinski definition) is 1. The van der Waals surface area contributed by atoms with Crippen LogP contribution in [0, 0.1) is 17.2 Å². The van der Waals surface area contributed by atoms with Gasteiger partial charge in [0.05, 0.1) is 12.1 Å². The van der Waals surface area contributed by atoms with E-state index in [9.17, 15) is 0 Å². The average molecular weight is 222 g/mol. The lowest BCUT2D eigenvalue weighted by Crippen LogP contribution is -2.28. The molecule has 2 N–H and O–H groups in total. The summed E-state index contributed by atoms with van der Waals surface area (Å²) in [5.41, 5.74) is 5.87. The van der Waals surface area contributed by atoms with Gasteiger partial charge < -0.3 is 5.73 Å². The van der Waals surface area contributed by atoms with E-state index in [1.807, 2.05) is 0 Å². The molecule has 1 saturated carbocycles. The fraction of sp³-hybridized carbons (Fsp3) is 0.929. The molecule has 1 atom stereocenters. The van der Waals surface area contributed by atoms with Crippen molar-refractivity contribution < 1.29 is 0 Å². The van der Waals surface area contributed by atoms with Crippen LogP contribution in [0.4, 0.5) is 0 Å². The van der Waals surface area contributed by atoms with Gasteiger partial charge in [-0.2, -0.15) is 5.26 Å². The molecule has 1 aliphatic carbocycles. The normalized spacial score (nSPS) is 23.8. The van der Waals surface area contributed by atoms with Crippen LogP contribution < -0.4 is 5.73 Å². The first-order chi connectivity index (χ1) is 7.84. The lowest BCUT2D eigenvalue weighted by atomic mass is 9.88. The van der Waals surface area contributed by atoms with Gasteiger partial charge in [-0.05, 0) is 18.8 Å². The Hall–Kier alpha value is -0.550. The summed E-state index contributed by atoms with van der Waals surface area (Å²) in [6.45, 7) is 0. The van der Waals surface area contributed by atoms with Crippen molar-refractivity contribution in [1.29, 1.82) is 5.26 Å². The maximum Gasteiger partial charge on any atom is 0.0956 e. The predicted octanol–water partition coefficient (Wildman–Crippen LogP) is 3.76. The van der Waals surface area contributed by atoms with Gasteiger partial charge in [0.15, 0.2) is 0 Å². The van der Waals surface area contributed by atoms with Crippen LogP contribution in [0.3, 0.4) is 0 Å². The van der Waals surface area contributed by atoms with Crippen LogP contribution in [-0.4, -0.2) is 6.04 Å². The number of hydrogen-bond acceptors (Lipinski definition) is 2. The minimum Gasteiger partial charge on any atom is -0.316 e. The third kappa shape index (κ3) is 5.51. The molecular formula is C14H26N2. The topological polar surface area (TPSA) is 49.8 Å². The van der Waals surface area contributed by atoms with Gasteiger partial charge in [0, 0.05) is 0 Å². The van der Waals surface area contributed by atoms with Gasteiger partial charge in [0.1, 0.15) is 0 Å². The van der Waals surface area contributed by atoms with Gasteiger partial charge in [0.2, 0.25) is 0 Å².